The number of hydrogen-bond acceptors (Lipinski definition) is 6. The molecule has 0 spiro atoms. The van der Waals surface area contributed by atoms with Gasteiger partial charge in [0.15, 0.2) is 5.69 Å². The van der Waals surface area contributed by atoms with E-state index in [4.69, 9.17) is 14.3 Å². The number of carboxylic acid groups (broad SMARTS) is 1. The number of aromatic nitrogens is 3. The van der Waals surface area contributed by atoms with E-state index in [1.54, 1.807) is 12.5 Å². The smallest absolute Gasteiger partial charge is 0.290 e. The van der Waals surface area contributed by atoms with Gasteiger partial charge in [0.05, 0.1) is 11.7 Å². The second kappa shape index (κ2) is 8.66. The van der Waals surface area contributed by atoms with E-state index in [-0.39, 0.29) is 18.4 Å². The molecule has 3 N–H and O–H groups in total. The number of aromatic amines is 1. The fourth-order valence-corrected chi connectivity index (χ4v) is 4.67. The van der Waals surface area contributed by atoms with Crippen LogP contribution in [0, 0.1) is 0 Å². The number of oxazole rings is 1. The predicted molar refractivity (Wildman–Crippen MR) is 110 cm³/mol. The van der Waals surface area contributed by atoms with Crippen LogP contribution in [0.25, 0.3) is 22.4 Å². The van der Waals surface area contributed by atoms with Crippen molar-refractivity contribution in [3.05, 3.63) is 36.4 Å². The third-order valence-electron chi connectivity index (χ3n) is 6.13. The number of nitrogens with one attached hydrogen (secondary N) is 2. The van der Waals surface area contributed by atoms with E-state index in [2.05, 4.69) is 32.4 Å². The van der Waals surface area contributed by atoms with Crippen molar-refractivity contribution in [2.75, 3.05) is 7.05 Å². The van der Waals surface area contributed by atoms with Crippen LogP contribution in [0.15, 0.2) is 35.1 Å². The Kier molecular flexibility index (Phi) is 5.80. The van der Waals surface area contributed by atoms with Crippen LogP contribution in [0.2, 0.25) is 0 Å². The third kappa shape index (κ3) is 3.93. The summed E-state index contributed by atoms with van der Waals surface area (Å²) >= 11 is 0. The summed E-state index contributed by atoms with van der Waals surface area (Å²) in [6.45, 7) is -0.250. The summed E-state index contributed by atoms with van der Waals surface area (Å²) in [6.07, 6.45) is 8.94. The van der Waals surface area contributed by atoms with Gasteiger partial charge in [0.1, 0.15) is 6.26 Å². The quantitative estimate of drug-likeness (QED) is 0.566. The monoisotopic (exact) mass is 411 g/mol. The van der Waals surface area contributed by atoms with Gasteiger partial charge in [-0.3, -0.25) is 14.7 Å². The lowest BCUT2D eigenvalue weighted by molar-refractivity contribution is -0.122. The van der Waals surface area contributed by atoms with Crippen molar-refractivity contribution in [3.8, 4) is 11.5 Å². The molecule has 5 rings (SSSR count). The van der Waals surface area contributed by atoms with E-state index >= 15 is 0 Å². The van der Waals surface area contributed by atoms with Crippen LogP contribution in [0.1, 0.15) is 42.6 Å². The average Bonchev–Trinajstić information content (AvgIpc) is 3.39. The maximum absolute atomic E-state index is 12.9. The molecule has 2 aliphatic heterocycles. The molecule has 2 atom stereocenters. The second-order valence-electron chi connectivity index (χ2n) is 7.82. The number of hydrogen-bond donors (Lipinski definition) is 3. The Morgan fingerprint density at radius 3 is 2.73 bits per heavy atom. The molecule has 9 nitrogen and oxygen atoms in total. The summed E-state index contributed by atoms with van der Waals surface area (Å²) in [6, 6.07) is 7.09. The Balaban J connectivity index is 0.000000687. The Hall–Kier alpha value is -3.20. The Morgan fingerprint density at radius 1 is 1.33 bits per heavy atom. The van der Waals surface area contributed by atoms with E-state index in [1.165, 1.54) is 19.3 Å². The largest absolute Gasteiger partial charge is 0.483 e. The van der Waals surface area contributed by atoms with E-state index in [0.717, 1.165) is 29.3 Å². The van der Waals surface area contributed by atoms with Gasteiger partial charge in [-0.15, -0.1) is 0 Å². The highest BCUT2D eigenvalue weighted by atomic mass is 16.3. The van der Waals surface area contributed by atoms with Crippen molar-refractivity contribution in [2.24, 2.45) is 0 Å². The maximum atomic E-state index is 12.9. The molecule has 2 bridgehead atoms. The highest BCUT2D eigenvalue weighted by Crippen LogP contribution is 2.33. The molecule has 2 aromatic heterocycles. The summed E-state index contributed by atoms with van der Waals surface area (Å²) in [5.74, 6) is 0.422. The van der Waals surface area contributed by atoms with Crippen molar-refractivity contribution in [3.63, 3.8) is 0 Å². The third-order valence-corrected chi connectivity index (χ3v) is 6.13. The molecule has 30 heavy (non-hydrogen) atoms. The highest BCUT2D eigenvalue weighted by Gasteiger charge is 2.36. The molecule has 4 heterocycles. The van der Waals surface area contributed by atoms with Gasteiger partial charge >= 0.3 is 0 Å². The maximum Gasteiger partial charge on any atom is 0.290 e. The van der Waals surface area contributed by atoms with E-state index in [0.29, 0.717) is 23.7 Å². The van der Waals surface area contributed by atoms with Gasteiger partial charge in [-0.1, -0.05) is 6.42 Å². The predicted octanol–water partition coefficient (Wildman–Crippen LogP) is 2.66. The van der Waals surface area contributed by atoms with Crippen LogP contribution in [-0.2, 0) is 4.79 Å². The molecule has 2 fully saturated rings. The summed E-state index contributed by atoms with van der Waals surface area (Å²) in [4.78, 5) is 28.0. The zero-order chi connectivity index (χ0) is 21.1. The average molecular weight is 411 g/mol. The SMILES string of the molecule is CN1C2CCCC1CC(NC(=O)c1n[nH]c3ccc(-c4ncco4)cc13)C2.O=CO. The number of rotatable bonds is 3. The minimum atomic E-state index is -0.250. The summed E-state index contributed by atoms with van der Waals surface area (Å²) in [5, 5.41) is 18.1. The van der Waals surface area contributed by atoms with Gasteiger partial charge in [-0.05, 0) is 50.9 Å². The molecule has 2 saturated heterocycles. The number of amides is 1. The standard InChI is InChI=1S/C20H23N5O2.CH2O2/c1-25-14-3-2-4-15(25)11-13(10-14)22-19(26)18-16-9-12(20-21-7-8-27-20)5-6-17(16)23-24-18;2-1-3/h5-9,13-15H,2-4,10-11H2,1H3,(H,22,26)(H,23,24);1H,(H,2,3). The van der Waals surface area contributed by atoms with Gasteiger partial charge in [-0.2, -0.15) is 5.10 Å². The molecular formula is C21H25N5O4. The molecule has 3 aromatic rings. The number of nitrogens with zero attached hydrogens (tertiary/aromatic N) is 3. The summed E-state index contributed by atoms with van der Waals surface area (Å²) < 4.78 is 5.37. The number of carbonyl (C=O) groups is 2. The highest BCUT2D eigenvalue weighted by molar-refractivity contribution is 6.05. The summed E-state index contributed by atoms with van der Waals surface area (Å²) in [7, 11) is 2.22. The van der Waals surface area contributed by atoms with Crippen molar-refractivity contribution in [1.29, 1.82) is 0 Å². The van der Waals surface area contributed by atoms with Gasteiger partial charge < -0.3 is 19.7 Å². The lowest BCUT2D eigenvalue weighted by atomic mass is 9.82. The second-order valence-corrected chi connectivity index (χ2v) is 7.82. The first-order chi connectivity index (χ1) is 14.6. The Bertz CT molecular complexity index is 1000. The van der Waals surface area contributed by atoms with Crippen molar-refractivity contribution in [2.45, 2.75) is 50.2 Å². The lowest BCUT2D eigenvalue weighted by Crippen LogP contribution is -2.55. The van der Waals surface area contributed by atoms with Gasteiger partial charge in [0, 0.05) is 29.1 Å². The summed E-state index contributed by atoms with van der Waals surface area (Å²) in [5.41, 5.74) is 2.09. The first kappa shape index (κ1) is 20.1. The minimum absolute atomic E-state index is 0.113. The topological polar surface area (TPSA) is 124 Å². The number of piperidine rings is 2. The van der Waals surface area contributed by atoms with Crippen LogP contribution in [0.5, 0.6) is 0 Å². The molecular weight excluding hydrogens is 386 g/mol. The van der Waals surface area contributed by atoms with Gasteiger partial charge in [0.2, 0.25) is 5.89 Å². The van der Waals surface area contributed by atoms with E-state index in [1.807, 2.05) is 18.2 Å². The first-order valence-electron chi connectivity index (χ1n) is 10.1. The number of carbonyl (C=O) groups excluding carboxylic acids is 1. The van der Waals surface area contributed by atoms with Crippen LogP contribution in [0.4, 0.5) is 0 Å². The van der Waals surface area contributed by atoms with Crippen molar-refractivity contribution >= 4 is 23.3 Å². The molecule has 0 aliphatic carbocycles. The molecule has 9 heteroatoms. The number of fused-ring (bicyclic) bond motifs is 3. The Morgan fingerprint density at radius 2 is 2.07 bits per heavy atom. The Labute approximate surface area is 173 Å². The zero-order valence-electron chi connectivity index (χ0n) is 16.7. The number of benzene rings is 1. The number of H-pyrrole nitrogens is 1. The molecule has 158 valence electrons. The van der Waals surface area contributed by atoms with Gasteiger partial charge in [-0.25, -0.2) is 4.98 Å². The van der Waals surface area contributed by atoms with Crippen LogP contribution in [0.3, 0.4) is 0 Å². The molecule has 1 amide bonds. The van der Waals surface area contributed by atoms with E-state index < -0.39 is 0 Å². The molecule has 0 radical (unpaired) electrons. The zero-order valence-corrected chi connectivity index (χ0v) is 16.7. The normalized spacial score (nSPS) is 23.4. The van der Waals surface area contributed by atoms with Gasteiger partial charge in [0.25, 0.3) is 12.4 Å². The van der Waals surface area contributed by atoms with Crippen molar-refractivity contribution < 1.29 is 19.1 Å². The minimum Gasteiger partial charge on any atom is -0.483 e. The van der Waals surface area contributed by atoms with Crippen LogP contribution in [-0.4, -0.2) is 62.7 Å². The molecule has 1 aromatic carbocycles. The first-order valence-corrected chi connectivity index (χ1v) is 10.1. The molecule has 0 saturated carbocycles. The molecule has 2 aliphatic rings. The molecule has 2 unspecified atom stereocenters. The van der Waals surface area contributed by atoms with Crippen LogP contribution >= 0.6 is 0 Å². The van der Waals surface area contributed by atoms with Crippen molar-refractivity contribution in [1.82, 2.24) is 25.4 Å². The fourth-order valence-electron chi connectivity index (χ4n) is 4.67. The lowest BCUT2D eigenvalue weighted by Gasteiger charge is -2.47. The van der Waals surface area contributed by atoms with E-state index in [9.17, 15) is 4.79 Å². The van der Waals surface area contributed by atoms with Crippen LogP contribution < -0.4 is 5.32 Å². The fraction of sp³-hybridized carbons (Fsp3) is 0.429.